The van der Waals surface area contributed by atoms with Crippen LogP contribution < -0.4 is 5.32 Å². The molecule has 1 heterocycles. The Hall–Kier alpha value is -0.940. The molecule has 5 heteroatoms. The van der Waals surface area contributed by atoms with Crippen molar-refractivity contribution in [2.45, 2.75) is 32.8 Å². The van der Waals surface area contributed by atoms with Crippen LogP contribution in [0.4, 0.5) is 5.69 Å². The van der Waals surface area contributed by atoms with Crippen LogP contribution in [-0.2, 0) is 4.79 Å². The molecule has 0 aliphatic carbocycles. The molecule has 0 aromatic carbocycles. The summed E-state index contributed by atoms with van der Waals surface area (Å²) in [5.41, 5.74) is 1.47. The van der Waals surface area contributed by atoms with E-state index in [0.29, 0.717) is 18.5 Å². The molecule has 0 aliphatic rings. The summed E-state index contributed by atoms with van der Waals surface area (Å²) in [7, 11) is 0. The maximum atomic E-state index is 11.5. The van der Waals surface area contributed by atoms with Crippen molar-refractivity contribution >= 4 is 27.5 Å². The van der Waals surface area contributed by atoms with Crippen molar-refractivity contribution in [1.29, 1.82) is 0 Å². The zero-order valence-electron chi connectivity index (χ0n) is 9.33. The highest BCUT2D eigenvalue weighted by Crippen LogP contribution is 2.16. The molecule has 1 amide bonds. The summed E-state index contributed by atoms with van der Waals surface area (Å²) in [5, 5.41) is 11.8. The van der Waals surface area contributed by atoms with Crippen LogP contribution in [0.1, 0.15) is 25.5 Å². The molecule has 0 bridgehead atoms. The van der Waals surface area contributed by atoms with E-state index in [1.165, 1.54) is 0 Å². The predicted molar refractivity (Wildman–Crippen MR) is 66.2 cm³/mol. The Morgan fingerprint density at radius 1 is 1.62 bits per heavy atom. The lowest BCUT2D eigenvalue weighted by atomic mass is 10.2. The van der Waals surface area contributed by atoms with Crippen molar-refractivity contribution in [3.8, 4) is 0 Å². The van der Waals surface area contributed by atoms with Gasteiger partial charge in [0, 0.05) is 6.42 Å². The molecule has 1 aromatic rings. The number of carbonyl (C=O) groups is 1. The van der Waals surface area contributed by atoms with Gasteiger partial charge in [0.1, 0.15) is 4.60 Å². The number of anilines is 1. The third-order valence-electron chi connectivity index (χ3n) is 2.12. The summed E-state index contributed by atoms with van der Waals surface area (Å²) in [6.45, 7) is 3.49. The van der Waals surface area contributed by atoms with Gasteiger partial charge in [0.25, 0.3) is 0 Å². The summed E-state index contributed by atoms with van der Waals surface area (Å²) < 4.78 is 0.743. The molecule has 0 aliphatic heterocycles. The number of nitrogens with one attached hydrogen (secondary N) is 1. The Kier molecular flexibility index (Phi) is 4.89. The van der Waals surface area contributed by atoms with Crippen LogP contribution in [0.3, 0.4) is 0 Å². The largest absolute Gasteiger partial charge is 0.393 e. The Morgan fingerprint density at radius 3 is 2.88 bits per heavy atom. The Bertz CT molecular complexity index is 380. The second-order valence-electron chi connectivity index (χ2n) is 3.70. The average Bonchev–Trinajstić information content (AvgIpc) is 2.19. The molecule has 1 atom stereocenters. The standard InChI is InChI=1S/C11H15BrN2O2/c1-7(15)3-6-11(16)14-9-4-5-10(12)13-8(9)2/h4-5,7,15H,3,6H2,1-2H3,(H,14,16). The molecule has 0 radical (unpaired) electrons. The van der Waals surface area contributed by atoms with Crippen LogP contribution in [-0.4, -0.2) is 22.1 Å². The summed E-state index contributed by atoms with van der Waals surface area (Å²) in [5.74, 6) is -0.104. The van der Waals surface area contributed by atoms with Gasteiger partial charge in [-0.15, -0.1) is 0 Å². The number of pyridine rings is 1. The number of aliphatic hydroxyl groups is 1. The van der Waals surface area contributed by atoms with Gasteiger partial charge in [-0.05, 0) is 48.3 Å². The Morgan fingerprint density at radius 2 is 2.31 bits per heavy atom. The van der Waals surface area contributed by atoms with Gasteiger partial charge in [-0.25, -0.2) is 4.98 Å². The average molecular weight is 287 g/mol. The van der Waals surface area contributed by atoms with Crippen LogP contribution in [0, 0.1) is 6.92 Å². The maximum absolute atomic E-state index is 11.5. The summed E-state index contributed by atoms with van der Waals surface area (Å²) >= 11 is 3.26. The van der Waals surface area contributed by atoms with Gasteiger partial charge in [0.15, 0.2) is 0 Å². The number of aliphatic hydroxyl groups excluding tert-OH is 1. The number of hydrogen-bond donors (Lipinski definition) is 2. The van der Waals surface area contributed by atoms with Gasteiger partial charge in [-0.3, -0.25) is 4.79 Å². The molecule has 0 saturated carbocycles. The van der Waals surface area contributed by atoms with Gasteiger partial charge in [0.05, 0.1) is 17.5 Å². The van der Waals surface area contributed by atoms with E-state index < -0.39 is 6.10 Å². The lowest BCUT2D eigenvalue weighted by molar-refractivity contribution is -0.116. The topological polar surface area (TPSA) is 62.2 Å². The number of nitrogens with zero attached hydrogens (tertiary/aromatic N) is 1. The van der Waals surface area contributed by atoms with Crippen LogP contribution in [0.2, 0.25) is 0 Å². The van der Waals surface area contributed by atoms with E-state index in [1.54, 1.807) is 19.1 Å². The van der Waals surface area contributed by atoms with Gasteiger partial charge >= 0.3 is 0 Å². The minimum Gasteiger partial charge on any atom is -0.393 e. The predicted octanol–water partition coefficient (Wildman–Crippen LogP) is 2.25. The first kappa shape index (κ1) is 13.1. The quantitative estimate of drug-likeness (QED) is 0.835. The van der Waals surface area contributed by atoms with Crippen molar-refractivity contribution < 1.29 is 9.90 Å². The molecule has 1 rings (SSSR count). The van der Waals surface area contributed by atoms with Crippen LogP contribution in [0.5, 0.6) is 0 Å². The van der Waals surface area contributed by atoms with Crippen LogP contribution >= 0.6 is 15.9 Å². The monoisotopic (exact) mass is 286 g/mol. The van der Waals surface area contributed by atoms with Crippen LogP contribution in [0.25, 0.3) is 0 Å². The normalized spacial score (nSPS) is 12.2. The third-order valence-corrected chi connectivity index (χ3v) is 2.56. The summed E-state index contributed by atoms with van der Waals surface area (Å²) in [6.07, 6.45) is 0.331. The molecule has 4 nitrogen and oxygen atoms in total. The van der Waals surface area contributed by atoms with Crippen molar-refractivity contribution in [3.05, 3.63) is 22.4 Å². The highest BCUT2D eigenvalue weighted by atomic mass is 79.9. The van der Waals surface area contributed by atoms with Gasteiger partial charge in [-0.1, -0.05) is 0 Å². The first-order valence-electron chi connectivity index (χ1n) is 5.10. The number of rotatable bonds is 4. The Balaban J connectivity index is 2.56. The van der Waals surface area contributed by atoms with Crippen molar-refractivity contribution in [2.75, 3.05) is 5.32 Å². The minimum absolute atomic E-state index is 0.104. The number of halogens is 1. The molecule has 1 unspecified atom stereocenters. The molecule has 1 aromatic heterocycles. The van der Waals surface area contributed by atoms with E-state index in [-0.39, 0.29) is 5.91 Å². The highest BCUT2D eigenvalue weighted by molar-refractivity contribution is 9.10. The molecule has 0 fully saturated rings. The van der Waals surface area contributed by atoms with E-state index in [0.717, 1.165) is 10.3 Å². The molecular weight excluding hydrogens is 272 g/mol. The van der Waals surface area contributed by atoms with E-state index in [1.807, 2.05) is 6.92 Å². The number of aryl methyl sites for hydroxylation is 1. The molecule has 88 valence electrons. The molecule has 0 spiro atoms. The van der Waals surface area contributed by atoms with E-state index in [2.05, 4.69) is 26.2 Å². The van der Waals surface area contributed by atoms with Crippen molar-refractivity contribution in [2.24, 2.45) is 0 Å². The third kappa shape index (κ3) is 4.28. The molecule has 0 saturated heterocycles. The van der Waals surface area contributed by atoms with Crippen molar-refractivity contribution in [3.63, 3.8) is 0 Å². The van der Waals surface area contributed by atoms with Gasteiger partial charge in [0.2, 0.25) is 5.91 Å². The zero-order valence-corrected chi connectivity index (χ0v) is 10.9. The van der Waals surface area contributed by atoms with Crippen molar-refractivity contribution in [1.82, 2.24) is 4.98 Å². The first-order chi connectivity index (χ1) is 7.49. The number of hydrogen-bond acceptors (Lipinski definition) is 3. The van der Waals surface area contributed by atoms with Crippen LogP contribution in [0.15, 0.2) is 16.7 Å². The fourth-order valence-corrected chi connectivity index (χ4v) is 1.61. The summed E-state index contributed by atoms with van der Waals surface area (Å²) in [4.78, 5) is 15.7. The fourth-order valence-electron chi connectivity index (χ4n) is 1.22. The minimum atomic E-state index is -0.449. The zero-order chi connectivity index (χ0) is 12.1. The second-order valence-corrected chi connectivity index (χ2v) is 4.52. The molecule has 16 heavy (non-hydrogen) atoms. The SMILES string of the molecule is Cc1nc(Br)ccc1NC(=O)CCC(C)O. The lowest BCUT2D eigenvalue weighted by Gasteiger charge is -2.08. The van der Waals surface area contributed by atoms with E-state index >= 15 is 0 Å². The fraction of sp³-hybridized carbons (Fsp3) is 0.455. The molecular formula is C11H15BrN2O2. The second kappa shape index (κ2) is 5.96. The van der Waals surface area contributed by atoms with E-state index in [4.69, 9.17) is 5.11 Å². The van der Waals surface area contributed by atoms with Gasteiger partial charge < -0.3 is 10.4 Å². The number of carbonyl (C=O) groups excluding carboxylic acids is 1. The number of aromatic nitrogens is 1. The van der Waals surface area contributed by atoms with Gasteiger partial charge in [-0.2, -0.15) is 0 Å². The number of amides is 1. The maximum Gasteiger partial charge on any atom is 0.224 e. The lowest BCUT2D eigenvalue weighted by Crippen LogP contribution is -2.15. The highest BCUT2D eigenvalue weighted by Gasteiger charge is 2.07. The smallest absolute Gasteiger partial charge is 0.224 e. The molecule has 2 N–H and O–H groups in total. The summed E-state index contributed by atoms with van der Waals surface area (Å²) in [6, 6.07) is 3.57. The van der Waals surface area contributed by atoms with E-state index in [9.17, 15) is 4.79 Å². The first-order valence-corrected chi connectivity index (χ1v) is 5.89. The Labute approximate surface area is 103 Å².